The van der Waals surface area contributed by atoms with Crippen molar-refractivity contribution < 1.29 is 49.7 Å². The smallest absolute Gasteiger partial charge is 0.330 e. The molecule has 0 unspecified atom stereocenters. The molecule has 13 atom stereocenters. The summed E-state index contributed by atoms with van der Waals surface area (Å²) in [6.45, 7) is 13.9. The number of allylic oxidation sites excluding steroid dienone is 2. The van der Waals surface area contributed by atoms with Crippen molar-refractivity contribution in [3.8, 4) is 0 Å². The molecule has 1 heterocycles. The molecule has 10 heteroatoms. The maximum atomic E-state index is 14.4. The SMILES string of the molecule is C/C(=C\CC[C@@H](C)[C@H]1CC[C@@]2(C)C3=C(C[C@@H](O[C@@H]4O[C@H](CO)[C@@H](O)[C@H](O)[C@H]4O)[C@]12C)[C@@]1(C)CC[C@@H](O)C(C)(C)[C@@H]1CC3=O)C(=O)O. The third-order valence-corrected chi connectivity index (χ3v) is 13.9. The summed E-state index contributed by atoms with van der Waals surface area (Å²) >= 11 is 0. The Balaban J connectivity index is 1.59. The first-order chi connectivity index (χ1) is 21.4. The minimum Gasteiger partial charge on any atom is -0.478 e. The summed E-state index contributed by atoms with van der Waals surface area (Å²) in [4.78, 5) is 25.8. The molecule has 3 fully saturated rings. The van der Waals surface area contributed by atoms with Crippen LogP contribution in [0.2, 0.25) is 0 Å². The third-order valence-electron chi connectivity index (χ3n) is 13.9. The zero-order valence-electron chi connectivity index (χ0n) is 28.5. The molecule has 2 saturated carbocycles. The number of carbonyl (C=O) groups excluding carboxylic acids is 1. The minimum atomic E-state index is -1.57. The molecular formula is C36H56O10. The Kier molecular flexibility index (Phi) is 9.56. The summed E-state index contributed by atoms with van der Waals surface area (Å²) < 4.78 is 12.7. The number of ether oxygens (including phenoxy) is 2. The number of Topliss-reactive ketones (excluding diaryl/α,β-unsaturated/α-hetero) is 1. The number of aliphatic hydroxyl groups excluding tert-OH is 5. The zero-order valence-corrected chi connectivity index (χ0v) is 28.5. The van der Waals surface area contributed by atoms with Gasteiger partial charge in [-0.3, -0.25) is 4.79 Å². The minimum absolute atomic E-state index is 0.0590. The summed E-state index contributed by atoms with van der Waals surface area (Å²) in [5, 5.41) is 62.4. The van der Waals surface area contributed by atoms with Gasteiger partial charge in [-0.1, -0.05) is 53.2 Å². The number of carbonyl (C=O) groups is 2. The molecule has 0 aromatic rings. The van der Waals surface area contributed by atoms with Gasteiger partial charge >= 0.3 is 5.97 Å². The molecule has 0 aromatic heterocycles. The highest BCUT2D eigenvalue weighted by molar-refractivity contribution is 5.99. The topological polar surface area (TPSA) is 174 Å². The van der Waals surface area contributed by atoms with E-state index in [9.17, 15) is 40.2 Å². The third kappa shape index (κ3) is 5.26. The van der Waals surface area contributed by atoms with E-state index in [1.54, 1.807) is 13.0 Å². The highest BCUT2D eigenvalue weighted by Gasteiger charge is 2.69. The van der Waals surface area contributed by atoms with Crippen LogP contribution >= 0.6 is 0 Å². The second-order valence-electron chi connectivity index (χ2n) is 16.4. The summed E-state index contributed by atoms with van der Waals surface area (Å²) in [5.74, 6) is -0.625. The fraction of sp³-hybridized carbons (Fsp3) is 0.833. The maximum absolute atomic E-state index is 14.4. The van der Waals surface area contributed by atoms with Crippen molar-refractivity contribution in [3.63, 3.8) is 0 Å². The van der Waals surface area contributed by atoms with E-state index in [2.05, 4.69) is 41.5 Å². The lowest BCUT2D eigenvalue weighted by atomic mass is 9.42. The number of aliphatic carboxylic acids is 1. The van der Waals surface area contributed by atoms with E-state index in [1.165, 1.54) is 0 Å². The van der Waals surface area contributed by atoms with Crippen molar-refractivity contribution in [2.24, 2.45) is 39.4 Å². The van der Waals surface area contributed by atoms with E-state index in [4.69, 9.17) is 9.47 Å². The number of hydrogen-bond donors (Lipinski definition) is 6. The molecule has 0 spiro atoms. The second kappa shape index (κ2) is 12.3. The molecule has 46 heavy (non-hydrogen) atoms. The van der Waals surface area contributed by atoms with Gasteiger partial charge in [0.25, 0.3) is 0 Å². The summed E-state index contributed by atoms with van der Waals surface area (Å²) in [5.41, 5.74) is 0.278. The quantitative estimate of drug-likeness (QED) is 0.214. The van der Waals surface area contributed by atoms with Crippen LogP contribution < -0.4 is 0 Å². The van der Waals surface area contributed by atoms with Crippen molar-refractivity contribution >= 4 is 11.8 Å². The lowest BCUT2D eigenvalue weighted by molar-refractivity contribution is -0.325. The monoisotopic (exact) mass is 648 g/mol. The molecule has 260 valence electrons. The normalized spacial score (nSPS) is 46.4. The molecule has 5 rings (SSSR count). The Morgan fingerprint density at radius 2 is 1.70 bits per heavy atom. The zero-order chi connectivity index (χ0) is 34.1. The first kappa shape index (κ1) is 35.6. The van der Waals surface area contributed by atoms with Crippen LogP contribution in [-0.4, -0.2) is 91.9 Å². The van der Waals surface area contributed by atoms with Gasteiger partial charge in [0.1, 0.15) is 24.4 Å². The van der Waals surface area contributed by atoms with E-state index in [1.807, 2.05) is 0 Å². The number of ketones is 1. The van der Waals surface area contributed by atoms with Gasteiger partial charge in [0.15, 0.2) is 12.1 Å². The van der Waals surface area contributed by atoms with E-state index >= 15 is 0 Å². The van der Waals surface area contributed by atoms with Crippen LogP contribution in [0.4, 0.5) is 0 Å². The molecule has 0 amide bonds. The molecule has 1 aliphatic heterocycles. The van der Waals surface area contributed by atoms with Crippen LogP contribution in [0.1, 0.15) is 99.8 Å². The summed E-state index contributed by atoms with van der Waals surface area (Å²) in [6.07, 6.45) is -1.25. The van der Waals surface area contributed by atoms with E-state index in [0.29, 0.717) is 31.3 Å². The Bertz CT molecular complexity index is 1270. The number of carboxylic acids is 1. The number of fused-ring (bicyclic) bond motifs is 4. The summed E-state index contributed by atoms with van der Waals surface area (Å²) in [6, 6.07) is 0. The van der Waals surface area contributed by atoms with Crippen molar-refractivity contribution in [1.82, 2.24) is 0 Å². The molecule has 4 aliphatic carbocycles. The average molecular weight is 649 g/mol. The van der Waals surface area contributed by atoms with Crippen LogP contribution in [0.25, 0.3) is 0 Å². The van der Waals surface area contributed by atoms with Gasteiger partial charge in [0.05, 0.1) is 18.8 Å². The van der Waals surface area contributed by atoms with Crippen LogP contribution in [0.5, 0.6) is 0 Å². The molecular weight excluding hydrogens is 592 g/mol. The van der Waals surface area contributed by atoms with Crippen molar-refractivity contribution in [1.29, 1.82) is 0 Å². The number of carboxylic acid groups (broad SMARTS) is 1. The predicted molar refractivity (Wildman–Crippen MR) is 169 cm³/mol. The van der Waals surface area contributed by atoms with Crippen LogP contribution in [-0.2, 0) is 19.1 Å². The molecule has 6 N–H and O–H groups in total. The Morgan fingerprint density at radius 3 is 2.33 bits per heavy atom. The van der Waals surface area contributed by atoms with Crippen LogP contribution in [0.15, 0.2) is 22.8 Å². The number of hydrogen-bond acceptors (Lipinski definition) is 9. The molecule has 0 bridgehead atoms. The average Bonchev–Trinajstić information content (AvgIpc) is 3.28. The maximum Gasteiger partial charge on any atom is 0.330 e. The first-order valence-electron chi connectivity index (χ1n) is 17.2. The van der Waals surface area contributed by atoms with E-state index in [-0.39, 0.29) is 29.0 Å². The van der Waals surface area contributed by atoms with Gasteiger partial charge in [-0.25, -0.2) is 4.79 Å². The highest BCUT2D eigenvalue weighted by Crippen LogP contribution is 2.72. The van der Waals surface area contributed by atoms with Crippen molar-refractivity contribution in [3.05, 3.63) is 22.8 Å². The Labute approximate surface area is 272 Å². The lowest BCUT2D eigenvalue weighted by Crippen LogP contribution is -2.63. The molecule has 10 nitrogen and oxygen atoms in total. The first-order valence-corrected chi connectivity index (χ1v) is 17.2. The van der Waals surface area contributed by atoms with Gasteiger partial charge in [-0.2, -0.15) is 0 Å². The fourth-order valence-electron chi connectivity index (χ4n) is 10.7. The Hall–Kier alpha value is -1.66. The van der Waals surface area contributed by atoms with Crippen LogP contribution in [0, 0.1) is 39.4 Å². The van der Waals surface area contributed by atoms with Crippen LogP contribution in [0.3, 0.4) is 0 Å². The number of aliphatic hydroxyl groups is 5. The largest absolute Gasteiger partial charge is 0.478 e. The predicted octanol–water partition coefficient (Wildman–Crippen LogP) is 3.52. The highest BCUT2D eigenvalue weighted by atomic mass is 16.7. The van der Waals surface area contributed by atoms with Crippen molar-refractivity contribution in [2.45, 2.75) is 143 Å². The van der Waals surface area contributed by atoms with Gasteiger partial charge in [0.2, 0.25) is 0 Å². The van der Waals surface area contributed by atoms with Gasteiger partial charge < -0.3 is 40.1 Å². The molecule has 0 radical (unpaired) electrons. The van der Waals surface area contributed by atoms with E-state index < -0.39 is 71.7 Å². The van der Waals surface area contributed by atoms with E-state index in [0.717, 1.165) is 36.8 Å². The second-order valence-corrected chi connectivity index (χ2v) is 16.4. The lowest BCUT2D eigenvalue weighted by Gasteiger charge is -2.63. The molecule has 0 aromatic carbocycles. The number of rotatable bonds is 8. The van der Waals surface area contributed by atoms with Gasteiger partial charge in [0, 0.05) is 28.4 Å². The molecule has 1 saturated heterocycles. The standard InChI is InChI=1S/C36H56O10/c1-18(9-8-10-19(2)31(43)44)20-11-14-35(6)27-21(34(5)13-12-25(39)33(3,4)24(34)16-22(27)38)15-26(36(20,35)7)46-32-30(42)29(41)28(40)23(17-37)45-32/h10,18,20,23-26,28-30,32,37,39-42H,8-9,11-17H2,1-7H3,(H,43,44)/b19-10+/t18-,20-,23-,24+,25-,26-,28-,29+,30-,32+,34-,35+,36+/m1/s1. The fourth-order valence-corrected chi connectivity index (χ4v) is 10.7. The molecule has 5 aliphatic rings. The van der Waals surface area contributed by atoms with Gasteiger partial charge in [-0.15, -0.1) is 0 Å². The Morgan fingerprint density at radius 1 is 1.02 bits per heavy atom. The van der Waals surface area contributed by atoms with Crippen molar-refractivity contribution in [2.75, 3.05) is 6.61 Å². The summed E-state index contributed by atoms with van der Waals surface area (Å²) in [7, 11) is 0. The van der Waals surface area contributed by atoms with Gasteiger partial charge in [-0.05, 0) is 80.5 Å².